The van der Waals surface area contributed by atoms with Crippen molar-refractivity contribution in [2.45, 2.75) is 13.0 Å². The number of carboxylic acid groups (broad SMARTS) is 1. The molecule has 0 amide bonds. The van der Waals surface area contributed by atoms with Gasteiger partial charge in [-0.05, 0) is 6.42 Å². The smallest absolute Gasteiger partial charge is 0.358 e. The van der Waals surface area contributed by atoms with Gasteiger partial charge in [-0.15, -0.1) is 0 Å². The first kappa shape index (κ1) is 12.2. The molecule has 0 atom stereocenters. The molecule has 0 fully saturated rings. The number of esters is 1. The van der Waals surface area contributed by atoms with Gasteiger partial charge in [-0.25, -0.2) is 9.59 Å². The fraction of sp³-hybridized carbons (Fsp3) is 0.444. The predicted octanol–water partition coefficient (Wildman–Crippen LogP) is -0.250. The van der Waals surface area contributed by atoms with Crippen LogP contribution in [-0.2, 0) is 11.3 Å². The summed E-state index contributed by atoms with van der Waals surface area (Å²) in [5.41, 5.74) is -0.160. The number of carbonyl (C=O) groups is 2. The van der Waals surface area contributed by atoms with E-state index in [1.807, 2.05) is 0 Å². The number of rotatable bonds is 5. The average Bonchev–Trinajstić information content (AvgIpc) is 2.69. The van der Waals surface area contributed by atoms with Crippen molar-refractivity contribution in [1.29, 1.82) is 0 Å². The minimum Gasteiger partial charge on any atom is -0.477 e. The molecule has 0 aliphatic heterocycles. The maximum Gasteiger partial charge on any atom is 0.358 e. The summed E-state index contributed by atoms with van der Waals surface area (Å²) in [5, 5.41) is 21.3. The van der Waals surface area contributed by atoms with Gasteiger partial charge in [-0.3, -0.25) is 4.68 Å². The predicted molar refractivity (Wildman–Crippen MR) is 52.2 cm³/mol. The van der Waals surface area contributed by atoms with Crippen molar-refractivity contribution in [3.05, 3.63) is 17.5 Å². The van der Waals surface area contributed by atoms with Crippen LogP contribution in [0.5, 0.6) is 0 Å². The second-order valence-electron chi connectivity index (χ2n) is 3.01. The second-order valence-corrected chi connectivity index (χ2v) is 3.01. The SMILES string of the molecule is COC(=O)c1cc(C(=O)O)n(CCCO)n1. The Hall–Kier alpha value is -1.89. The van der Waals surface area contributed by atoms with E-state index in [1.54, 1.807) is 0 Å². The summed E-state index contributed by atoms with van der Waals surface area (Å²) in [6.07, 6.45) is 0.364. The van der Waals surface area contributed by atoms with Gasteiger partial charge in [0.2, 0.25) is 0 Å². The lowest BCUT2D eigenvalue weighted by Crippen LogP contribution is -2.11. The van der Waals surface area contributed by atoms with Crippen molar-refractivity contribution in [3.63, 3.8) is 0 Å². The molecule has 0 aromatic carbocycles. The van der Waals surface area contributed by atoms with Gasteiger partial charge in [0.05, 0.1) is 7.11 Å². The summed E-state index contributed by atoms with van der Waals surface area (Å²) in [4.78, 5) is 22.0. The minimum atomic E-state index is -1.18. The first-order chi connectivity index (χ1) is 7.60. The molecule has 1 aromatic rings. The van der Waals surface area contributed by atoms with Crippen LogP contribution in [0.15, 0.2) is 6.07 Å². The number of hydrogen-bond acceptors (Lipinski definition) is 5. The van der Waals surface area contributed by atoms with Crippen molar-refractivity contribution < 1.29 is 24.5 Å². The Bertz CT molecular complexity index is 399. The van der Waals surface area contributed by atoms with E-state index in [2.05, 4.69) is 9.84 Å². The molecule has 88 valence electrons. The fourth-order valence-electron chi connectivity index (χ4n) is 1.18. The molecule has 7 nitrogen and oxygen atoms in total. The van der Waals surface area contributed by atoms with Crippen LogP contribution in [0.3, 0.4) is 0 Å². The minimum absolute atomic E-state index is 0.0576. The lowest BCUT2D eigenvalue weighted by atomic mass is 10.3. The summed E-state index contributed by atoms with van der Waals surface area (Å²) in [7, 11) is 1.19. The lowest BCUT2D eigenvalue weighted by Gasteiger charge is -2.01. The molecule has 0 spiro atoms. The van der Waals surface area contributed by atoms with E-state index < -0.39 is 11.9 Å². The van der Waals surface area contributed by atoms with E-state index in [9.17, 15) is 9.59 Å². The highest BCUT2D eigenvalue weighted by Gasteiger charge is 2.18. The molecule has 0 aliphatic carbocycles. The Morgan fingerprint density at radius 3 is 2.75 bits per heavy atom. The quantitative estimate of drug-likeness (QED) is 0.674. The lowest BCUT2D eigenvalue weighted by molar-refractivity contribution is 0.0592. The van der Waals surface area contributed by atoms with Gasteiger partial charge in [0.15, 0.2) is 5.69 Å². The van der Waals surface area contributed by atoms with Crippen molar-refractivity contribution in [1.82, 2.24) is 9.78 Å². The maximum atomic E-state index is 11.1. The number of aryl methyl sites for hydroxylation is 1. The van der Waals surface area contributed by atoms with Crippen LogP contribution in [0.1, 0.15) is 27.4 Å². The molecule has 0 unspecified atom stereocenters. The first-order valence-corrected chi connectivity index (χ1v) is 4.60. The number of ether oxygens (including phenoxy) is 1. The standard InChI is InChI=1S/C9H12N2O5/c1-16-9(15)6-5-7(8(13)14)11(10-6)3-2-4-12/h5,12H,2-4H2,1H3,(H,13,14). The Morgan fingerprint density at radius 1 is 1.56 bits per heavy atom. The van der Waals surface area contributed by atoms with Gasteiger partial charge in [0.1, 0.15) is 5.69 Å². The molecule has 1 heterocycles. The number of carbonyl (C=O) groups excluding carboxylic acids is 1. The number of aromatic carboxylic acids is 1. The molecule has 1 aromatic heterocycles. The molecular formula is C9H12N2O5. The van der Waals surface area contributed by atoms with Gasteiger partial charge in [-0.2, -0.15) is 5.10 Å². The zero-order chi connectivity index (χ0) is 12.1. The van der Waals surface area contributed by atoms with Crippen LogP contribution >= 0.6 is 0 Å². The molecule has 16 heavy (non-hydrogen) atoms. The molecule has 7 heteroatoms. The largest absolute Gasteiger partial charge is 0.477 e. The molecule has 0 saturated carbocycles. The third-order valence-corrected chi connectivity index (χ3v) is 1.92. The van der Waals surface area contributed by atoms with Crippen LogP contribution in [0, 0.1) is 0 Å². The maximum absolute atomic E-state index is 11.1. The van der Waals surface area contributed by atoms with E-state index in [0.29, 0.717) is 6.42 Å². The Kier molecular flexibility index (Phi) is 4.01. The molecule has 2 N–H and O–H groups in total. The fourth-order valence-corrected chi connectivity index (χ4v) is 1.18. The molecule has 1 rings (SSSR count). The summed E-state index contributed by atoms with van der Waals surface area (Å²) < 4.78 is 5.59. The molecule has 0 radical (unpaired) electrons. The van der Waals surface area contributed by atoms with Crippen LogP contribution in [-0.4, -0.2) is 45.6 Å². The van der Waals surface area contributed by atoms with Gasteiger partial charge in [0.25, 0.3) is 0 Å². The molecule has 0 saturated heterocycles. The Balaban J connectivity index is 3.00. The Labute approximate surface area is 91.3 Å². The number of nitrogens with zero attached hydrogens (tertiary/aromatic N) is 2. The number of aromatic nitrogens is 2. The van der Waals surface area contributed by atoms with Gasteiger partial charge < -0.3 is 14.9 Å². The topological polar surface area (TPSA) is 102 Å². The van der Waals surface area contributed by atoms with E-state index >= 15 is 0 Å². The summed E-state index contributed by atoms with van der Waals surface area (Å²) in [6, 6.07) is 1.14. The van der Waals surface area contributed by atoms with E-state index in [4.69, 9.17) is 10.2 Å². The molecule has 0 bridgehead atoms. The van der Waals surface area contributed by atoms with Crippen LogP contribution in [0.4, 0.5) is 0 Å². The van der Waals surface area contributed by atoms with Crippen LogP contribution in [0.2, 0.25) is 0 Å². The highest BCUT2D eigenvalue weighted by molar-refractivity contribution is 5.92. The van der Waals surface area contributed by atoms with Crippen molar-refractivity contribution in [2.75, 3.05) is 13.7 Å². The monoisotopic (exact) mass is 228 g/mol. The highest BCUT2D eigenvalue weighted by Crippen LogP contribution is 2.07. The van der Waals surface area contributed by atoms with Crippen molar-refractivity contribution in [3.8, 4) is 0 Å². The van der Waals surface area contributed by atoms with E-state index in [0.717, 1.165) is 10.7 Å². The third-order valence-electron chi connectivity index (χ3n) is 1.92. The van der Waals surface area contributed by atoms with Crippen molar-refractivity contribution in [2.24, 2.45) is 0 Å². The summed E-state index contributed by atoms with van der Waals surface area (Å²) >= 11 is 0. The van der Waals surface area contributed by atoms with E-state index in [1.165, 1.54) is 7.11 Å². The van der Waals surface area contributed by atoms with Gasteiger partial charge >= 0.3 is 11.9 Å². The van der Waals surface area contributed by atoms with E-state index in [-0.39, 0.29) is 24.5 Å². The number of carboxylic acids is 1. The van der Waals surface area contributed by atoms with Crippen molar-refractivity contribution >= 4 is 11.9 Å². The van der Waals surface area contributed by atoms with Gasteiger partial charge in [-0.1, -0.05) is 0 Å². The number of aliphatic hydroxyl groups is 1. The number of aliphatic hydroxyl groups excluding tert-OH is 1. The summed E-state index contributed by atoms with van der Waals surface area (Å²) in [5.74, 6) is -1.87. The van der Waals surface area contributed by atoms with Crippen LogP contribution < -0.4 is 0 Å². The first-order valence-electron chi connectivity index (χ1n) is 4.60. The molecule has 0 aliphatic rings. The highest BCUT2D eigenvalue weighted by atomic mass is 16.5. The second kappa shape index (κ2) is 5.26. The normalized spacial score (nSPS) is 10.1. The zero-order valence-electron chi connectivity index (χ0n) is 8.71. The zero-order valence-corrected chi connectivity index (χ0v) is 8.71. The molecular weight excluding hydrogens is 216 g/mol. The summed E-state index contributed by atoms with van der Waals surface area (Å²) in [6.45, 7) is 0.154. The Morgan fingerprint density at radius 2 is 2.25 bits per heavy atom. The van der Waals surface area contributed by atoms with Crippen LogP contribution in [0.25, 0.3) is 0 Å². The van der Waals surface area contributed by atoms with Gasteiger partial charge in [0, 0.05) is 19.2 Å². The third kappa shape index (κ3) is 2.57. The number of methoxy groups -OCH3 is 1. The number of hydrogen-bond donors (Lipinski definition) is 2. The average molecular weight is 228 g/mol.